The molecule has 2 nitrogen and oxygen atoms in total. The third kappa shape index (κ3) is 6.31. The zero-order chi connectivity index (χ0) is 6.41. The molecule has 0 aromatic heterocycles. The smallest absolute Gasteiger partial charge is 0.283 e. The summed E-state index contributed by atoms with van der Waals surface area (Å²) in [4.78, 5) is 0. The highest BCUT2D eigenvalue weighted by atomic mass is 28.3. The van der Waals surface area contributed by atoms with Crippen LogP contribution in [0.2, 0.25) is 0 Å². The Labute approximate surface area is 57.8 Å². The maximum Gasteiger partial charge on any atom is 0.283 e. The molecule has 48 valence electrons. The normalized spacial score (nSPS) is 12.6. The Hall–Kier alpha value is 0.311. The summed E-state index contributed by atoms with van der Waals surface area (Å²) in [7, 11) is -0.130. The minimum absolute atomic E-state index is 0.400. The highest BCUT2D eigenvalue weighted by Crippen LogP contribution is 1.81. The molecule has 0 aliphatic heterocycles. The van der Waals surface area contributed by atoms with Gasteiger partial charge in [0.05, 0.1) is 0 Å². The van der Waals surface area contributed by atoms with Crippen LogP contribution < -0.4 is 0 Å². The molecular formula is C3H12O2Si3. The van der Waals surface area contributed by atoms with Gasteiger partial charge in [0.1, 0.15) is 10.5 Å². The van der Waals surface area contributed by atoms with E-state index in [9.17, 15) is 0 Å². The molecular weight excluding hydrogens is 152 g/mol. The highest BCUT2D eigenvalue weighted by molar-refractivity contribution is 6.47. The van der Waals surface area contributed by atoms with Gasteiger partial charge in [-0.3, -0.25) is 0 Å². The Morgan fingerprint density at radius 3 is 2.75 bits per heavy atom. The lowest BCUT2D eigenvalue weighted by molar-refractivity contribution is 0.506. The van der Waals surface area contributed by atoms with Gasteiger partial charge in [0, 0.05) is 0 Å². The number of hydrogen-bond donors (Lipinski definition) is 0. The van der Waals surface area contributed by atoms with Crippen LogP contribution in [0.4, 0.5) is 0 Å². The summed E-state index contributed by atoms with van der Waals surface area (Å²) in [6.07, 6.45) is 0. The molecule has 5 heteroatoms. The van der Waals surface area contributed by atoms with Gasteiger partial charge in [0.2, 0.25) is 0 Å². The van der Waals surface area contributed by atoms with Crippen LogP contribution in [-0.2, 0) is 8.23 Å². The number of hydrogen-bond acceptors (Lipinski definition) is 2. The SMILES string of the molecule is C=C(C)[SiH2]O[SiH2]O[SiH3]. The highest BCUT2D eigenvalue weighted by Gasteiger charge is 1.85. The predicted octanol–water partition coefficient (Wildman–Crippen LogP) is -2.08. The van der Waals surface area contributed by atoms with Crippen molar-refractivity contribution in [3.8, 4) is 0 Å². The fraction of sp³-hybridized carbons (Fsp3) is 0.333. The molecule has 0 saturated carbocycles. The molecule has 0 fully saturated rings. The van der Waals surface area contributed by atoms with Crippen molar-refractivity contribution in [2.45, 2.75) is 6.92 Å². The summed E-state index contributed by atoms with van der Waals surface area (Å²) in [6.45, 7) is 5.75. The maximum absolute atomic E-state index is 5.23. The summed E-state index contributed by atoms with van der Waals surface area (Å²) in [5, 5.41) is 1.20. The summed E-state index contributed by atoms with van der Waals surface area (Å²) in [5.41, 5.74) is 0. The Kier molecular flexibility index (Phi) is 5.66. The molecule has 0 radical (unpaired) electrons. The van der Waals surface area contributed by atoms with Crippen LogP contribution in [-0.4, -0.2) is 30.3 Å². The topological polar surface area (TPSA) is 18.5 Å². The first-order valence-electron chi connectivity index (χ1n) is 2.48. The molecule has 0 spiro atoms. The zero-order valence-corrected chi connectivity index (χ0v) is 10.3. The van der Waals surface area contributed by atoms with Crippen molar-refractivity contribution in [1.82, 2.24) is 0 Å². The molecule has 0 N–H and O–H groups in total. The van der Waals surface area contributed by atoms with Crippen LogP contribution in [0, 0.1) is 0 Å². The van der Waals surface area contributed by atoms with E-state index in [1.54, 1.807) is 0 Å². The van der Waals surface area contributed by atoms with E-state index in [0.29, 0.717) is 0 Å². The van der Waals surface area contributed by atoms with Crippen molar-refractivity contribution in [2.75, 3.05) is 0 Å². The largest absolute Gasteiger partial charge is 0.449 e. The lowest BCUT2D eigenvalue weighted by Gasteiger charge is -1.98. The van der Waals surface area contributed by atoms with Crippen LogP contribution in [0.15, 0.2) is 11.8 Å². The van der Waals surface area contributed by atoms with Crippen molar-refractivity contribution in [3.63, 3.8) is 0 Å². The Morgan fingerprint density at radius 1 is 1.75 bits per heavy atom. The summed E-state index contributed by atoms with van der Waals surface area (Å²) < 4.78 is 10.2. The third-order valence-electron chi connectivity index (χ3n) is 0.550. The standard InChI is InChI=1S/C3H12O2Si3/c1-3(2)7-5-8-4-6/h1,7-8H2,2,6H3. The van der Waals surface area contributed by atoms with E-state index in [2.05, 4.69) is 6.58 Å². The van der Waals surface area contributed by atoms with E-state index >= 15 is 0 Å². The van der Waals surface area contributed by atoms with E-state index in [1.807, 2.05) is 6.92 Å². The van der Waals surface area contributed by atoms with Crippen molar-refractivity contribution >= 4 is 30.3 Å². The quantitative estimate of drug-likeness (QED) is 0.351. The van der Waals surface area contributed by atoms with Gasteiger partial charge in [0.15, 0.2) is 9.76 Å². The van der Waals surface area contributed by atoms with Crippen LogP contribution >= 0.6 is 0 Å². The fourth-order valence-electron chi connectivity index (χ4n) is 0.299. The van der Waals surface area contributed by atoms with E-state index in [1.165, 1.54) is 5.20 Å². The van der Waals surface area contributed by atoms with Crippen LogP contribution in [0.25, 0.3) is 0 Å². The lowest BCUT2D eigenvalue weighted by Crippen LogP contribution is -2.06. The lowest BCUT2D eigenvalue weighted by atomic mass is 10.8. The molecule has 0 unspecified atom stereocenters. The summed E-state index contributed by atoms with van der Waals surface area (Å²) in [6, 6.07) is 0. The first-order valence-corrected chi connectivity index (χ1v) is 5.74. The molecule has 0 bridgehead atoms. The molecule has 0 rings (SSSR count). The van der Waals surface area contributed by atoms with Gasteiger partial charge in [0.25, 0.3) is 10.0 Å². The Morgan fingerprint density at radius 2 is 2.38 bits per heavy atom. The Balaban J connectivity index is 2.82. The Bertz CT molecular complexity index is 74.9. The van der Waals surface area contributed by atoms with Gasteiger partial charge in [-0.1, -0.05) is 5.20 Å². The zero-order valence-electron chi connectivity index (χ0n) is 5.44. The monoisotopic (exact) mass is 164 g/mol. The maximum atomic E-state index is 5.23. The van der Waals surface area contributed by atoms with E-state index in [4.69, 9.17) is 8.23 Å². The molecule has 0 atom stereocenters. The van der Waals surface area contributed by atoms with Gasteiger partial charge in [-0.2, -0.15) is 0 Å². The number of allylic oxidation sites excluding steroid dienone is 1. The fourth-order valence-corrected chi connectivity index (χ4v) is 4.19. The molecule has 0 heterocycles. The molecule has 0 saturated heterocycles. The summed E-state index contributed by atoms with van der Waals surface area (Å²) in [5.74, 6) is 0. The minimum atomic E-state index is -0.558. The summed E-state index contributed by atoms with van der Waals surface area (Å²) >= 11 is 0. The predicted molar refractivity (Wildman–Crippen MR) is 44.0 cm³/mol. The van der Waals surface area contributed by atoms with Gasteiger partial charge in [-0.15, -0.1) is 6.58 Å². The molecule has 0 amide bonds. The molecule has 0 aliphatic rings. The second-order valence-corrected chi connectivity index (χ2v) is 7.39. The van der Waals surface area contributed by atoms with E-state index < -0.39 is 19.8 Å². The molecule has 8 heavy (non-hydrogen) atoms. The van der Waals surface area contributed by atoms with Crippen LogP contribution in [0.1, 0.15) is 6.92 Å². The van der Waals surface area contributed by atoms with Gasteiger partial charge in [-0.05, 0) is 6.92 Å². The van der Waals surface area contributed by atoms with Crippen molar-refractivity contribution in [2.24, 2.45) is 0 Å². The van der Waals surface area contributed by atoms with Crippen LogP contribution in [0.5, 0.6) is 0 Å². The molecule has 0 aliphatic carbocycles. The van der Waals surface area contributed by atoms with Gasteiger partial charge < -0.3 is 8.23 Å². The molecule has 0 aromatic carbocycles. The average molecular weight is 164 g/mol. The average Bonchev–Trinajstić information content (AvgIpc) is 1.66. The van der Waals surface area contributed by atoms with Crippen molar-refractivity contribution < 1.29 is 8.23 Å². The first-order chi connectivity index (χ1) is 3.77. The van der Waals surface area contributed by atoms with E-state index in [-0.39, 0.29) is 0 Å². The van der Waals surface area contributed by atoms with Crippen molar-refractivity contribution in [3.05, 3.63) is 11.8 Å². The second-order valence-electron chi connectivity index (χ2n) is 1.71. The molecule has 0 aromatic rings. The van der Waals surface area contributed by atoms with Crippen LogP contribution in [0.3, 0.4) is 0 Å². The van der Waals surface area contributed by atoms with Gasteiger partial charge >= 0.3 is 0 Å². The van der Waals surface area contributed by atoms with Crippen molar-refractivity contribution in [1.29, 1.82) is 0 Å². The van der Waals surface area contributed by atoms with E-state index in [0.717, 1.165) is 10.5 Å². The van der Waals surface area contributed by atoms with Gasteiger partial charge in [-0.25, -0.2) is 0 Å². The minimum Gasteiger partial charge on any atom is -0.449 e. The first kappa shape index (κ1) is 8.31. The third-order valence-corrected chi connectivity index (χ3v) is 3.47. The second kappa shape index (κ2) is 5.45. The number of rotatable bonds is 4.